The highest BCUT2D eigenvalue weighted by atomic mass is 32.2. The van der Waals surface area contributed by atoms with E-state index >= 15 is 0 Å². The molecule has 0 fully saturated rings. The Bertz CT molecular complexity index is 533. The van der Waals surface area contributed by atoms with Gasteiger partial charge in [-0.3, -0.25) is 14.5 Å². The van der Waals surface area contributed by atoms with Gasteiger partial charge < -0.3 is 11.1 Å². The van der Waals surface area contributed by atoms with Crippen molar-refractivity contribution in [1.82, 2.24) is 4.90 Å². The van der Waals surface area contributed by atoms with Crippen LogP contribution >= 0.6 is 11.8 Å². The highest BCUT2D eigenvalue weighted by molar-refractivity contribution is 8.01. The van der Waals surface area contributed by atoms with Crippen LogP contribution in [0.1, 0.15) is 20.3 Å². The number of nitrogens with two attached hydrogens (primary N) is 1. The molecule has 5 nitrogen and oxygen atoms in total. The van der Waals surface area contributed by atoms with E-state index < -0.39 is 0 Å². The highest BCUT2D eigenvalue weighted by Gasteiger charge is 2.27. The predicted octanol–water partition coefficient (Wildman–Crippen LogP) is 1.69. The van der Waals surface area contributed by atoms with E-state index in [1.807, 2.05) is 43.0 Å². The van der Waals surface area contributed by atoms with Gasteiger partial charge in [0.05, 0.1) is 17.5 Å². The van der Waals surface area contributed by atoms with Gasteiger partial charge in [0.2, 0.25) is 11.8 Å². The maximum atomic E-state index is 12.1. The minimum Gasteiger partial charge on any atom is -0.369 e. The van der Waals surface area contributed by atoms with Crippen molar-refractivity contribution < 1.29 is 9.59 Å². The number of thioether (sulfide) groups is 1. The average Bonchev–Trinajstić information content (AvgIpc) is 2.42. The second kappa shape index (κ2) is 6.95. The first-order valence-corrected chi connectivity index (χ1v) is 7.94. The average molecular weight is 307 g/mol. The van der Waals surface area contributed by atoms with Crippen LogP contribution in [0, 0.1) is 0 Å². The summed E-state index contributed by atoms with van der Waals surface area (Å²) in [6.07, 6.45) is 0.691. The molecule has 1 heterocycles. The van der Waals surface area contributed by atoms with Crippen LogP contribution in [-0.2, 0) is 9.59 Å². The smallest absolute Gasteiger partial charge is 0.237 e. The first-order valence-electron chi connectivity index (χ1n) is 7.06. The number of fused-ring (bicyclic) bond motifs is 1. The number of amides is 2. The van der Waals surface area contributed by atoms with E-state index in [0.29, 0.717) is 13.0 Å². The minimum atomic E-state index is -0.338. The van der Waals surface area contributed by atoms with Gasteiger partial charge in [0.25, 0.3) is 0 Å². The first kappa shape index (κ1) is 15.9. The van der Waals surface area contributed by atoms with Crippen molar-refractivity contribution >= 4 is 29.3 Å². The lowest BCUT2D eigenvalue weighted by Gasteiger charge is -2.29. The third-order valence-corrected chi connectivity index (χ3v) is 4.82. The van der Waals surface area contributed by atoms with Crippen LogP contribution in [0.3, 0.4) is 0 Å². The Balaban J connectivity index is 1.97. The van der Waals surface area contributed by atoms with Gasteiger partial charge in [0.1, 0.15) is 0 Å². The van der Waals surface area contributed by atoms with E-state index in [2.05, 4.69) is 5.32 Å². The zero-order valence-corrected chi connectivity index (χ0v) is 13.2. The monoisotopic (exact) mass is 307 g/mol. The Morgan fingerprint density at radius 3 is 2.81 bits per heavy atom. The summed E-state index contributed by atoms with van der Waals surface area (Å²) in [4.78, 5) is 26.3. The normalized spacial score (nSPS) is 17.7. The summed E-state index contributed by atoms with van der Waals surface area (Å²) < 4.78 is 0. The van der Waals surface area contributed by atoms with E-state index in [4.69, 9.17) is 5.73 Å². The van der Waals surface area contributed by atoms with Gasteiger partial charge in [-0.1, -0.05) is 12.1 Å². The molecule has 0 unspecified atom stereocenters. The maximum Gasteiger partial charge on any atom is 0.237 e. The Hall–Kier alpha value is -1.53. The Morgan fingerprint density at radius 2 is 2.14 bits per heavy atom. The lowest BCUT2D eigenvalue weighted by molar-refractivity contribution is -0.119. The van der Waals surface area contributed by atoms with Gasteiger partial charge in [0, 0.05) is 17.5 Å². The lowest BCUT2D eigenvalue weighted by Crippen LogP contribution is -2.41. The van der Waals surface area contributed by atoms with E-state index in [-0.39, 0.29) is 29.7 Å². The quantitative estimate of drug-likeness (QED) is 0.838. The van der Waals surface area contributed by atoms with Crippen LogP contribution in [0.25, 0.3) is 0 Å². The Labute approximate surface area is 129 Å². The summed E-state index contributed by atoms with van der Waals surface area (Å²) in [5, 5.41) is 2.80. The van der Waals surface area contributed by atoms with Crippen molar-refractivity contribution in [3.63, 3.8) is 0 Å². The van der Waals surface area contributed by atoms with Crippen molar-refractivity contribution in [3.8, 4) is 0 Å². The van der Waals surface area contributed by atoms with Crippen molar-refractivity contribution in [2.75, 3.05) is 18.4 Å². The Kier molecular flexibility index (Phi) is 5.25. The molecular weight excluding hydrogens is 286 g/mol. The van der Waals surface area contributed by atoms with E-state index in [9.17, 15) is 9.59 Å². The van der Waals surface area contributed by atoms with Crippen LogP contribution in [0.4, 0.5) is 5.69 Å². The van der Waals surface area contributed by atoms with Gasteiger partial charge >= 0.3 is 0 Å². The van der Waals surface area contributed by atoms with Gasteiger partial charge in [0.15, 0.2) is 0 Å². The van der Waals surface area contributed by atoms with Gasteiger partial charge in [-0.25, -0.2) is 0 Å². The number of anilines is 1. The molecule has 1 aliphatic rings. The molecule has 0 bridgehead atoms. The number of hydrogen-bond acceptors (Lipinski definition) is 4. The maximum absolute atomic E-state index is 12.1. The fraction of sp³-hybridized carbons (Fsp3) is 0.467. The topological polar surface area (TPSA) is 75.4 Å². The van der Waals surface area contributed by atoms with Crippen molar-refractivity contribution in [2.45, 2.75) is 36.5 Å². The number of para-hydroxylation sites is 1. The second-order valence-electron chi connectivity index (χ2n) is 5.41. The molecule has 2 amide bonds. The number of nitrogens with zero attached hydrogens (tertiary/aromatic N) is 1. The zero-order chi connectivity index (χ0) is 15.4. The van der Waals surface area contributed by atoms with E-state index in [1.54, 1.807) is 11.8 Å². The lowest BCUT2D eigenvalue weighted by atomic mass is 10.2. The van der Waals surface area contributed by atoms with E-state index in [0.717, 1.165) is 10.6 Å². The summed E-state index contributed by atoms with van der Waals surface area (Å²) >= 11 is 1.58. The molecule has 0 spiro atoms. The standard InChI is InChI=1S/C15H21N3O2S/c1-10(2)18(9-14(16)19)8-7-13-15(20)17-11-5-3-4-6-12(11)21-13/h3-6,10,13H,7-9H2,1-2H3,(H2,16,19)(H,17,20)/t13-/m1/s1. The molecule has 0 aromatic heterocycles. The first-order chi connectivity index (χ1) is 9.97. The number of hydrogen-bond donors (Lipinski definition) is 2. The van der Waals surface area contributed by atoms with Crippen molar-refractivity contribution in [2.24, 2.45) is 5.73 Å². The number of nitrogens with one attached hydrogen (secondary N) is 1. The molecule has 2 rings (SSSR count). The fourth-order valence-electron chi connectivity index (χ4n) is 2.29. The molecule has 0 saturated heterocycles. The molecule has 6 heteroatoms. The summed E-state index contributed by atoms with van der Waals surface area (Å²) in [7, 11) is 0. The third kappa shape index (κ3) is 4.22. The number of benzene rings is 1. The predicted molar refractivity (Wildman–Crippen MR) is 85.2 cm³/mol. The summed E-state index contributed by atoms with van der Waals surface area (Å²) in [6, 6.07) is 8.02. The SMILES string of the molecule is CC(C)N(CC[C@H]1Sc2ccccc2NC1=O)CC(N)=O. The molecule has 0 radical (unpaired) electrons. The van der Waals surface area contributed by atoms with Crippen molar-refractivity contribution in [1.29, 1.82) is 0 Å². The number of rotatable bonds is 6. The molecular formula is C15H21N3O2S. The van der Waals surface area contributed by atoms with Gasteiger partial charge in [-0.05, 0) is 32.4 Å². The van der Waals surface area contributed by atoms with Crippen LogP contribution < -0.4 is 11.1 Å². The fourth-order valence-corrected chi connectivity index (χ4v) is 3.38. The van der Waals surface area contributed by atoms with Crippen LogP contribution in [0.5, 0.6) is 0 Å². The van der Waals surface area contributed by atoms with Crippen LogP contribution in [-0.4, -0.2) is 41.1 Å². The summed E-state index contributed by atoms with van der Waals surface area (Å²) in [5.41, 5.74) is 6.14. The minimum absolute atomic E-state index is 0.0291. The molecule has 1 aromatic carbocycles. The molecule has 1 aliphatic heterocycles. The second-order valence-corrected chi connectivity index (χ2v) is 6.66. The largest absolute Gasteiger partial charge is 0.369 e. The molecule has 21 heavy (non-hydrogen) atoms. The number of carbonyl (C=O) groups is 2. The third-order valence-electron chi connectivity index (χ3n) is 3.47. The molecule has 0 aliphatic carbocycles. The van der Waals surface area contributed by atoms with Crippen molar-refractivity contribution in [3.05, 3.63) is 24.3 Å². The zero-order valence-electron chi connectivity index (χ0n) is 12.3. The number of primary amides is 1. The van der Waals surface area contributed by atoms with Gasteiger partial charge in [-0.2, -0.15) is 0 Å². The molecule has 3 N–H and O–H groups in total. The molecule has 1 aromatic rings. The molecule has 114 valence electrons. The molecule has 1 atom stereocenters. The van der Waals surface area contributed by atoms with Crippen LogP contribution in [0.2, 0.25) is 0 Å². The number of carbonyl (C=O) groups excluding carboxylic acids is 2. The summed E-state index contributed by atoms with van der Waals surface area (Å²) in [6.45, 7) is 4.94. The van der Waals surface area contributed by atoms with Crippen LogP contribution in [0.15, 0.2) is 29.2 Å². The summed E-state index contributed by atoms with van der Waals surface area (Å²) in [5.74, 6) is -0.309. The highest BCUT2D eigenvalue weighted by Crippen LogP contribution is 2.36. The molecule has 0 saturated carbocycles. The Morgan fingerprint density at radius 1 is 1.43 bits per heavy atom. The van der Waals surface area contributed by atoms with E-state index in [1.165, 1.54) is 0 Å². The van der Waals surface area contributed by atoms with Gasteiger partial charge in [-0.15, -0.1) is 11.8 Å².